The van der Waals surface area contributed by atoms with Crippen molar-refractivity contribution >= 4 is 39.8 Å². The van der Waals surface area contributed by atoms with Crippen molar-refractivity contribution in [2.24, 2.45) is 4.99 Å². The third kappa shape index (κ3) is 6.32. The molecule has 2 aliphatic rings. The fourth-order valence-electron chi connectivity index (χ4n) is 4.24. The van der Waals surface area contributed by atoms with Gasteiger partial charge in [0, 0.05) is 32.2 Å². The van der Waals surface area contributed by atoms with E-state index in [2.05, 4.69) is 52.4 Å². The van der Waals surface area contributed by atoms with Crippen LogP contribution in [0.4, 0.5) is 0 Å². The van der Waals surface area contributed by atoms with Gasteiger partial charge in [-0.25, -0.2) is 8.42 Å². The number of aliphatic imine (C=N–C) groups is 1. The lowest BCUT2D eigenvalue weighted by Crippen LogP contribution is -2.57. The number of nitrogens with zero attached hydrogens (tertiary/aromatic N) is 3. The molecule has 1 atom stereocenters. The number of nitrogens with one attached hydrogen (secondary N) is 1. The summed E-state index contributed by atoms with van der Waals surface area (Å²) in [4.78, 5) is 9.63. The second-order valence-corrected chi connectivity index (χ2v) is 11.5. The summed E-state index contributed by atoms with van der Waals surface area (Å²) in [6, 6.07) is 11.1. The molecule has 1 unspecified atom stereocenters. The molecule has 6 nitrogen and oxygen atoms in total. The number of likely N-dealkylation sites (tertiary alicyclic amines) is 1. The monoisotopic (exact) mass is 548 g/mol. The van der Waals surface area contributed by atoms with Gasteiger partial charge >= 0.3 is 0 Å². The zero-order valence-corrected chi connectivity index (χ0v) is 21.7. The Morgan fingerprint density at radius 3 is 2.60 bits per heavy atom. The van der Waals surface area contributed by atoms with Gasteiger partial charge in [-0.2, -0.15) is 0 Å². The van der Waals surface area contributed by atoms with E-state index in [4.69, 9.17) is 4.99 Å². The summed E-state index contributed by atoms with van der Waals surface area (Å²) >= 11 is 0. The van der Waals surface area contributed by atoms with E-state index >= 15 is 0 Å². The molecule has 3 rings (SSSR count). The first-order valence-electron chi connectivity index (χ1n) is 10.9. The quantitative estimate of drug-likeness (QED) is 0.348. The van der Waals surface area contributed by atoms with Crippen molar-refractivity contribution < 1.29 is 8.42 Å². The molecule has 0 aromatic heterocycles. The Hall–Kier alpha value is -0.870. The molecule has 8 heteroatoms. The summed E-state index contributed by atoms with van der Waals surface area (Å²) in [6.45, 7) is 10.3. The highest BCUT2D eigenvalue weighted by Gasteiger charge is 2.41. The van der Waals surface area contributed by atoms with Crippen LogP contribution in [0.15, 0.2) is 35.3 Å². The van der Waals surface area contributed by atoms with Gasteiger partial charge in [0.1, 0.15) is 0 Å². The van der Waals surface area contributed by atoms with Crippen LogP contribution in [0.3, 0.4) is 0 Å². The molecule has 2 aliphatic heterocycles. The van der Waals surface area contributed by atoms with E-state index in [-0.39, 0.29) is 29.7 Å². The Kier molecular flexibility index (Phi) is 9.42. The number of hydrogen-bond acceptors (Lipinski definition) is 4. The van der Waals surface area contributed by atoms with Crippen LogP contribution in [0.2, 0.25) is 0 Å². The highest BCUT2D eigenvalue weighted by Crippen LogP contribution is 2.24. The maximum absolute atomic E-state index is 12.4. The molecule has 0 amide bonds. The molecule has 170 valence electrons. The summed E-state index contributed by atoms with van der Waals surface area (Å²) in [5.74, 6) is 1.04. The van der Waals surface area contributed by atoms with Crippen LogP contribution in [0.25, 0.3) is 0 Å². The van der Waals surface area contributed by atoms with Crippen LogP contribution >= 0.6 is 24.0 Å². The van der Waals surface area contributed by atoms with E-state index in [1.54, 1.807) is 0 Å². The molecule has 2 saturated heterocycles. The summed E-state index contributed by atoms with van der Waals surface area (Å²) in [5.41, 5.74) is 1.35. The molecule has 1 aromatic rings. The first kappa shape index (κ1) is 25.4. The largest absolute Gasteiger partial charge is 0.357 e. The van der Waals surface area contributed by atoms with Gasteiger partial charge in [-0.1, -0.05) is 36.8 Å². The average molecular weight is 549 g/mol. The van der Waals surface area contributed by atoms with Crippen LogP contribution in [0, 0.1) is 0 Å². The normalized spacial score (nSPS) is 24.2. The molecular weight excluding hydrogens is 511 g/mol. The minimum Gasteiger partial charge on any atom is -0.357 e. The fourth-order valence-corrected chi connectivity index (χ4v) is 5.60. The van der Waals surface area contributed by atoms with Crippen molar-refractivity contribution in [3.05, 3.63) is 35.9 Å². The SMILES string of the molecule is CCNC(=NCC1CCCCN1Cc1ccccc1)N1CCS(=O)(=O)C(C)(C)C1.I. The molecule has 1 aromatic carbocycles. The van der Waals surface area contributed by atoms with Crippen molar-refractivity contribution in [2.45, 2.75) is 57.4 Å². The van der Waals surface area contributed by atoms with Crippen LogP contribution in [0.1, 0.15) is 45.6 Å². The Morgan fingerprint density at radius 2 is 1.93 bits per heavy atom. The molecule has 0 spiro atoms. The Bertz CT molecular complexity index is 799. The number of sulfone groups is 1. The van der Waals surface area contributed by atoms with Crippen molar-refractivity contribution in [3.63, 3.8) is 0 Å². The molecule has 0 radical (unpaired) electrons. The van der Waals surface area contributed by atoms with Gasteiger partial charge in [0.15, 0.2) is 15.8 Å². The van der Waals surface area contributed by atoms with E-state index in [1.807, 2.05) is 13.8 Å². The molecule has 0 bridgehead atoms. The number of halogens is 1. The van der Waals surface area contributed by atoms with E-state index in [0.29, 0.717) is 19.1 Å². The molecule has 1 N–H and O–H groups in total. The van der Waals surface area contributed by atoms with Gasteiger partial charge in [0.25, 0.3) is 0 Å². The number of rotatable bonds is 5. The Labute approximate surface area is 199 Å². The molecular formula is C22H37IN4O2S. The van der Waals surface area contributed by atoms with E-state index in [0.717, 1.165) is 38.6 Å². The maximum atomic E-state index is 12.4. The third-order valence-corrected chi connectivity index (χ3v) is 8.64. The number of hydrogen-bond donors (Lipinski definition) is 1. The third-order valence-electron chi connectivity index (χ3n) is 6.11. The van der Waals surface area contributed by atoms with Gasteiger partial charge in [-0.05, 0) is 45.7 Å². The van der Waals surface area contributed by atoms with Crippen molar-refractivity contribution in [2.75, 3.05) is 38.5 Å². The molecule has 2 fully saturated rings. The topological polar surface area (TPSA) is 65.0 Å². The maximum Gasteiger partial charge on any atom is 0.194 e. The zero-order valence-electron chi connectivity index (χ0n) is 18.5. The summed E-state index contributed by atoms with van der Waals surface area (Å²) < 4.78 is 24.0. The van der Waals surface area contributed by atoms with Crippen LogP contribution in [0.5, 0.6) is 0 Å². The van der Waals surface area contributed by atoms with E-state index in [9.17, 15) is 8.42 Å². The minimum atomic E-state index is -3.05. The average Bonchev–Trinajstić information content (AvgIpc) is 2.69. The molecule has 2 heterocycles. The first-order valence-corrected chi connectivity index (χ1v) is 12.5. The van der Waals surface area contributed by atoms with Gasteiger partial charge in [0.05, 0.1) is 17.0 Å². The molecule has 30 heavy (non-hydrogen) atoms. The summed E-state index contributed by atoms with van der Waals surface area (Å²) in [7, 11) is -3.05. The van der Waals surface area contributed by atoms with E-state index < -0.39 is 14.6 Å². The predicted octanol–water partition coefficient (Wildman–Crippen LogP) is 3.13. The van der Waals surface area contributed by atoms with Crippen molar-refractivity contribution in [3.8, 4) is 0 Å². The lowest BCUT2D eigenvalue weighted by Gasteiger charge is -2.40. The predicted molar refractivity (Wildman–Crippen MR) is 135 cm³/mol. The fraction of sp³-hybridized carbons (Fsp3) is 0.682. The second kappa shape index (κ2) is 11.1. The van der Waals surface area contributed by atoms with Crippen LogP contribution < -0.4 is 5.32 Å². The number of guanidine groups is 1. The molecule has 0 aliphatic carbocycles. The highest BCUT2D eigenvalue weighted by molar-refractivity contribution is 14.0. The highest BCUT2D eigenvalue weighted by atomic mass is 127. The smallest absolute Gasteiger partial charge is 0.194 e. The first-order chi connectivity index (χ1) is 13.8. The summed E-state index contributed by atoms with van der Waals surface area (Å²) in [6.07, 6.45) is 3.65. The van der Waals surface area contributed by atoms with Gasteiger partial charge < -0.3 is 10.2 Å². The van der Waals surface area contributed by atoms with Crippen LogP contribution in [-0.4, -0.2) is 73.4 Å². The second-order valence-electron chi connectivity index (χ2n) is 8.80. The van der Waals surface area contributed by atoms with Gasteiger partial charge in [-0.15, -0.1) is 24.0 Å². The van der Waals surface area contributed by atoms with E-state index in [1.165, 1.54) is 18.4 Å². The van der Waals surface area contributed by atoms with Crippen molar-refractivity contribution in [1.82, 2.24) is 15.1 Å². The number of piperidine rings is 1. The van der Waals surface area contributed by atoms with Gasteiger partial charge in [-0.3, -0.25) is 9.89 Å². The van der Waals surface area contributed by atoms with Crippen molar-refractivity contribution in [1.29, 1.82) is 0 Å². The van der Waals surface area contributed by atoms with Gasteiger partial charge in [0.2, 0.25) is 0 Å². The standard InChI is InChI=1S/C22H36N4O2S.HI/c1-4-23-21(26-14-15-29(27,28)22(2,3)18-26)24-16-20-12-8-9-13-25(20)17-19-10-6-5-7-11-19;/h5-7,10-11,20H,4,8-9,12-18H2,1-3H3,(H,23,24);1H. The minimum absolute atomic E-state index is 0. The lowest BCUT2D eigenvalue weighted by molar-refractivity contribution is 0.145. The summed E-state index contributed by atoms with van der Waals surface area (Å²) in [5, 5.41) is 3.38. The Morgan fingerprint density at radius 1 is 1.20 bits per heavy atom. The lowest BCUT2D eigenvalue weighted by atomic mass is 10.0. The number of benzene rings is 1. The Balaban J connectivity index is 0.00000320. The molecule has 0 saturated carbocycles. The van der Waals surface area contributed by atoms with Crippen LogP contribution in [-0.2, 0) is 16.4 Å². The zero-order chi connectivity index (χ0) is 20.9.